The highest BCUT2D eigenvalue weighted by molar-refractivity contribution is 5.86. The average molecular weight is 371 g/mol. The van der Waals surface area contributed by atoms with E-state index in [1.165, 1.54) is 0 Å². The highest BCUT2D eigenvalue weighted by atomic mass is 16.3. The van der Waals surface area contributed by atoms with E-state index in [-0.39, 0.29) is 24.3 Å². The van der Waals surface area contributed by atoms with Crippen molar-refractivity contribution in [2.45, 2.75) is 45.7 Å². The zero-order valence-electron chi connectivity index (χ0n) is 16.3. The Labute approximate surface area is 160 Å². The van der Waals surface area contributed by atoms with E-state index in [0.29, 0.717) is 19.6 Å². The van der Waals surface area contributed by atoms with E-state index in [2.05, 4.69) is 0 Å². The van der Waals surface area contributed by atoms with E-state index >= 15 is 0 Å². The van der Waals surface area contributed by atoms with Crippen LogP contribution in [0.3, 0.4) is 0 Å². The summed E-state index contributed by atoms with van der Waals surface area (Å²) in [6.45, 7) is 3.68. The molecule has 6 heteroatoms. The Bertz CT molecular complexity index is 747. The Balaban J connectivity index is 1.71. The molecular weight excluding hydrogens is 342 g/mol. The monoisotopic (exact) mass is 371 g/mol. The topological polar surface area (TPSA) is 58.7 Å². The highest BCUT2D eigenvalue weighted by Crippen LogP contribution is 2.28. The fourth-order valence-electron chi connectivity index (χ4n) is 3.39. The number of hydrogen-bond acceptors (Lipinski definition) is 3. The Kier molecular flexibility index (Phi) is 6.37. The van der Waals surface area contributed by atoms with Crippen molar-refractivity contribution >= 4 is 11.8 Å². The van der Waals surface area contributed by atoms with Crippen LogP contribution in [0.15, 0.2) is 41.1 Å². The molecule has 27 heavy (non-hydrogen) atoms. The number of aryl methyl sites for hydroxylation is 1. The maximum absolute atomic E-state index is 13.1. The first-order valence-corrected chi connectivity index (χ1v) is 9.77. The van der Waals surface area contributed by atoms with Crippen LogP contribution in [0.1, 0.15) is 44.1 Å². The molecule has 1 saturated carbocycles. The third kappa shape index (κ3) is 4.81. The van der Waals surface area contributed by atoms with Crippen molar-refractivity contribution in [1.29, 1.82) is 0 Å². The summed E-state index contributed by atoms with van der Waals surface area (Å²) < 4.78 is 7.45. The van der Waals surface area contributed by atoms with Crippen LogP contribution in [-0.2, 0) is 29.7 Å². The molecule has 2 heterocycles. The lowest BCUT2D eigenvalue weighted by Gasteiger charge is -2.32. The van der Waals surface area contributed by atoms with Crippen molar-refractivity contribution in [2.75, 3.05) is 13.1 Å². The van der Waals surface area contributed by atoms with Gasteiger partial charge in [-0.25, -0.2) is 0 Å². The van der Waals surface area contributed by atoms with E-state index < -0.39 is 0 Å². The first-order chi connectivity index (χ1) is 13.1. The fraction of sp³-hybridized carbons (Fsp3) is 0.524. The van der Waals surface area contributed by atoms with Crippen LogP contribution in [0.25, 0.3) is 0 Å². The second-order valence-electron chi connectivity index (χ2n) is 7.33. The third-order valence-corrected chi connectivity index (χ3v) is 5.27. The molecule has 3 rings (SSSR count). The molecule has 0 aliphatic heterocycles. The van der Waals surface area contributed by atoms with Crippen molar-refractivity contribution in [3.8, 4) is 0 Å². The van der Waals surface area contributed by atoms with Gasteiger partial charge in [-0.05, 0) is 43.5 Å². The molecular formula is C21H29N3O3. The Hall–Kier alpha value is -2.50. The molecule has 1 aliphatic carbocycles. The zero-order valence-corrected chi connectivity index (χ0v) is 16.3. The van der Waals surface area contributed by atoms with Gasteiger partial charge in [0.05, 0.1) is 25.9 Å². The Morgan fingerprint density at radius 3 is 2.56 bits per heavy atom. The summed E-state index contributed by atoms with van der Waals surface area (Å²) in [7, 11) is 1.97. The molecule has 6 nitrogen and oxygen atoms in total. The van der Waals surface area contributed by atoms with Crippen molar-refractivity contribution < 1.29 is 14.0 Å². The van der Waals surface area contributed by atoms with Crippen molar-refractivity contribution in [3.63, 3.8) is 0 Å². The summed E-state index contributed by atoms with van der Waals surface area (Å²) in [6, 6.07) is 7.67. The largest absolute Gasteiger partial charge is 0.467 e. The summed E-state index contributed by atoms with van der Waals surface area (Å²) in [6.07, 6.45) is 7.45. The molecule has 0 N–H and O–H groups in total. The van der Waals surface area contributed by atoms with Crippen LogP contribution in [0.5, 0.6) is 0 Å². The maximum Gasteiger partial charge on any atom is 0.242 e. The lowest BCUT2D eigenvalue weighted by Crippen LogP contribution is -2.46. The molecule has 2 amide bonds. The zero-order chi connectivity index (χ0) is 19.2. The van der Waals surface area contributed by atoms with Crippen molar-refractivity contribution in [3.05, 3.63) is 48.2 Å². The first-order valence-electron chi connectivity index (χ1n) is 9.77. The van der Waals surface area contributed by atoms with Gasteiger partial charge >= 0.3 is 0 Å². The molecule has 0 spiro atoms. The van der Waals surface area contributed by atoms with Gasteiger partial charge in [0, 0.05) is 31.4 Å². The molecule has 0 saturated heterocycles. The third-order valence-electron chi connectivity index (χ3n) is 5.27. The number of carbonyl (C=O) groups is 2. The molecule has 0 bridgehead atoms. The summed E-state index contributed by atoms with van der Waals surface area (Å²) >= 11 is 0. The van der Waals surface area contributed by atoms with Crippen LogP contribution < -0.4 is 0 Å². The molecule has 0 atom stereocenters. The number of aromatic nitrogens is 1. The molecule has 0 radical (unpaired) electrons. The first kappa shape index (κ1) is 19.3. The second-order valence-corrected chi connectivity index (χ2v) is 7.33. The SMILES string of the molecule is CCCN(CC(=O)N(Cc1ccco1)Cc1cccn1C)C(=O)C1CCC1. The van der Waals surface area contributed by atoms with Crippen LogP contribution in [0.4, 0.5) is 0 Å². The van der Waals surface area contributed by atoms with E-state index in [1.54, 1.807) is 16.1 Å². The van der Waals surface area contributed by atoms with E-state index in [4.69, 9.17) is 4.42 Å². The number of amides is 2. The molecule has 1 aliphatic rings. The normalized spacial score (nSPS) is 14.0. The summed E-state index contributed by atoms with van der Waals surface area (Å²) in [5.74, 6) is 0.933. The Morgan fingerprint density at radius 1 is 1.19 bits per heavy atom. The van der Waals surface area contributed by atoms with Crippen LogP contribution in [0, 0.1) is 5.92 Å². The summed E-state index contributed by atoms with van der Waals surface area (Å²) in [5, 5.41) is 0. The minimum Gasteiger partial charge on any atom is -0.467 e. The van der Waals surface area contributed by atoms with Crippen LogP contribution in [0.2, 0.25) is 0 Å². The van der Waals surface area contributed by atoms with Gasteiger partial charge < -0.3 is 18.8 Å². The molecule has 2 aromatic rings. The van der Waals surface area contributed by atoms with Gasteiger partial charge in [-0.2, -0.15) is 0 Å². The minimum absolute atomic E-state index is 0.0475. The number of nitrogens with zero attached hydrogens (tertiary/aromatic N) is 3. The number of carbonyl (C=O) groups excluding carboxylic acids is 2. The maximum atomic E-state index is 13.1. The second kappa shape index (κ2) is 8.93. The predicted octanol–water partition coefficient (Wildman–Crippen LogP) is 3.19. The predicted molar refractivity (Wildman–Crippen MR) is 103 cm³/mol. The molecule has 146 valence electrons. The molecule has 0 aromatic carbocycles. The quantitative estimate of drug-likeness (QED) is 0.680. The lowest BCUT2D eigenvalue weighted by molar-refractivity contribution is -0.145. The Morgan fingerprint density at radius 2 is 2.00 bits per heavy atom. The van der Waals surface area contributed by atoms with Crippen molar-refractivity contribution in [2.24, 2.45) is 13.0 Å². The van der Waals surface area contributed by atoms with Gasteiger partial charge in [0.2, 0.25) is 11.8 Å². The van der Waals surface area contributed by atoms with Gasteiger partial charge in [0.25, 0.3) is 0 Å². The van der Waals surface area contributed by atoms with Crippen LogP contribution in [-0.4, -0.2) is 39.3 Å². The van der Waals surface area contributed by atoms with E-state index in [9.17, 15) is 9.59 Å². The average Bonchev–Trinajstić information content (AvgIpc) is 3.24. The van der Waals surface area contributed by atoms with Gasteiger partial charge in [-0.15, -0.1) is 0 Å². The number of rotatable bonds is 9. The molecule has 0 unspecified atom stereocenters. The molecule has 1 fully saturated rings. The van der Waals surface area contributed by atoms with E-state index in [0.717, 1.165) is 37.1 Å². The standard InChI is InChI=1S/C21H29N3O3/c1-3-11-23(21(26)17-7-4-8-17)16-20(25)24(15-19-10-6-13-27-19)14-18-9-5-12-22(18)2/h5-6,9-10,12-13,17H,3-4,7-8,11,14-16H2,1-2H3. The summed E-state index contributed by atoms with van der Waals surface area (Å²) in [5.41, 5.74) is 1.04. The summed E-state index contributed by atoms with van der Waals surface area (Å²) in [4.78, 5) is 29.3. The van der Waals surface area contributed by atoms with Gasteiger partial charge in [-0.3, -0.25) is 9.59 Å². The van der Waals surface area contributed by atoms with E-state index in [1.807, 2.05) is 49.0 Å². The smallest absolute Gasteiger partial charge is 0.242 e. The van der Waals surface area contributed by atoms with Gasteiger partial charge in [0.15, 0.2) is 0 Å². The van der Waals surface area contributed by atoms with Crippen LogP contribution >= 0.6 is 0 Å². The lowest BCUT2D eigenvalue weighted by atomic mass is 9.84. The minimum atomic E-state index is -0.0475. The fourth-order valence-corrected chi connectivity index (χ4v) is 3.39. The number of hydrogen-bond donors (Lipinski definition) is 0. The van der Waals surface area contributed by atoms with Crippen molar-refractivity contribution in [1.82, 2.24) is 14.4 Å². The highest BCUT2D eigenvalue weighted by Gasteiger charge is 2.31. The molecule has 2 aromatic heterocycles. The number of furan rings is 1. The van der Waals surface area contributed by atoms with Gasteiger partial charge in [-0.1, -0.05) is 13.3 Å². The van der Waals surface area contributed by atoms with Gasteiger partial charge in [0.1, 0.15) is 5.76 Å².